The quantitative estimate of drug-likeness (QED) is 0.758. The van der Waals surface area contributed by atoms with Gasteiger partial charge in [-0.2, -0.15) is 0 Å². The second-order valence-corrected chi connectivity index (χ2v) is 5.88. The van der Waals surface area contributed by atoms with Gasteiger partial charge in [0.1, 0.15) is 11.9 Å². The second kappa shape index (κ2) is 7.78. The van der Waals surface area contributed by atoms with Gasteiger partial charge in [0.05, 0.1) is 12.7 Å². The van der Waals surface area contributed by atoms with E-state index < -0.39 is 0 Å². The predicted octanol–water partition coefficient (Wildman–Crippen LogP) is 2.33. The molecule has 1 aliphatic carbocycles. The van der Waals surface area contributed by atoms with Crippen molar-refractivity contribution in [3.05, 3.63) is 28.8 Å². The predicted molar refractivity (Wildman–Crippen MR) is 83.8 cm³/mol. The maximum Gasteiger partial charge on any atom is 0.125 e. The Bertz CT molecular complexity index is 438. The molecular formula is C17H27NO3. The van der Waals surface area contributed by atoms with Crippen molar-refractivity contribution in [2.24, 2.45) is 0 Å². The Morgan fingerprint density at radius 2 is 1.95 bits per heavy atom. The van der Waals surface area contributed by atoms with Gasteiger partial charge in [0.15, 0.2) is 0 Å². The summed E-state index contributed by atoms with van der Waals surface area (Å²) in [5, 5.41) is 13.3. The van der Waals surface area contributed by atoms with Crippen LogP contribution in [-0.4, -0.2) is 37.6 Å². The zero-order valence-corrected chi connectivity index (χ0v) is 13.3. The average Bonchev–Trinajstić information content (AvgIpc) is 2.84. The lowest BCUT2D eigenvalue weighted by Crippen LogP contribution is -2.26. The molecule has 4 nitrogen and oxygen atoms in total. The van der Waals surface area contributed by atoms with Crippen molar-refractivity contribution in [1.82, 2.24) is 5.32 Å². The lowest BCUT2D eigenvalue weighted by atomic mass is 10.1. The maximum absolute atomic E-state index is 9.91. The second-order valence-electron chi connectivity index (χ2n) is 5.88. The smallest absolute Gasteiger partial charge is 0.125 e. The summed E-state index contributed by atoms with van der Waals surface area (Å²) in [6.45, 7) is 6.54. The molecule has 1 fully saturated rings. The first-order valence-electron chi connectivity index (χ1n) is 7.76. The molecule has 2 N–H and O–H groups in total. The fraction of sp³-hybridized carbons (Fsp3) is 0.647. The Morgan fingerprint density at radius 1 is 1.24 bits per heavy atom. The number of nitrogens with one attached hydrogen (secondary N) is 1. The van der Waals surface area contributed by atoms with Gasteiger partial charge in [-0.15, -0.1) is 0 Å². The van der Waals surface area contributed by atoms with Gasteiger partial charge < -0.3 is 19.9 Å². The molecule has 0 spiro atoms. The molecule has 0 amide bonds. The van der Waals surface area contributed by atoms with E-state index in [1.165, 1.54) is 5.56 Å². The highest BCUT2D eigenvalue weighted by Crippen LogP contribution is 2.30. The van der Waals surface area contributed by atoms with Gasteiger partial charge in [0.25, 0.3) is 0 Å². The normalized spacial score (nSPS) is 21.7. The number of hydrogen-bond acceptors (Lipinski definition) is 4. The number of aryl methyl sites for hydroxylation is 2. The van der Waals surface area contributed by atoms with Crippen LogP contribution in [0.2, 0.25) is 0 Å². The van der Waals surface area contributed by atoms with E-state index in [2.05, 4.69) is 31.3 Å². The topological polar surface area (TPSA) is 50.7 Å². The number of aliphatic hydroxyl groups excluding tert-OH is 1. The van der Waals surface area contributed by atoms with Crippen LogP contribution in [0.15, 0.2) is 12.1 Å². The minimum Gasteiger partial charge on any atom is -0.487 e. The number of rotatable bonds is 7. The van der Waals surface area contributed by atoms with Crippen LogP contribution in [0.25, 0.3) is 0 Å². The molecule has 0 heterocycles. The summed E-state index contributed by atoms with van der Waals surface area (Å²) in [4.78, 5) is 0. The molecule has 2 rings (SSSR count). The summed E-state index contributed by atoms with van der Waals surface area (Å²) in [7, 11) is 1.71. The number of hydrogen-bond donors (Lipinski definition) is 2. The first kappa shape index (κ1) is 16.3. The molecule has 2 unspecified atom stereocenters. The van der Waals surface area contributed by atoms with Crippen LogP contribution >= 0.6 is 0 Å². The van der Waals surface area contributed by atoms with E-state index in [1.54, 1.807) is 7.11 Å². The van der Waals surface area contributed by atoms with Crippen molar-refractivity contribution in [2.45, 2.75) is 51.9 Å². The summed E-state index contributed by atoms with van der Waals surface area (Å²) in [6, 6.07) is 4.31. The standard InChI is InChI=1S/C17H27NO3/c1-12-9-14(11-18-7-8-20-3)10-13(2)17(12)21-16-6-4-5-15(16)19/h9-10,15-16,18-19H,4-8,11H2,1-3H3. The van der Waals surface area contributed by atoms with Crippen molar-refractivity contribution >= 4 is 0 Å². The Hall–Kier alpha value is -1.10. The van der Waals surface area contributed by atoms with Gasteiger partial charge in [-0.1, -0.05) is 12.1 Å². The van der Waals surface area contributed by atoms with Crippen LogP contribution in [0.4, 0.5) is 0 Å². The van der Waals surface area contributed by atoms with Gasteiger partial charge in [-0.25, -0.2) is 0 Å². The summed E-state index contributed by atoms with van der Waals surface area (Å²) in [6.07, 6.45) is 2.48. The van der Waals surface area contributed by atoms with Crippen LogP contribution in [-0.2, 0) is 11.3 Å². The Morgan fingerprint density at radius 3 is 2.52 bits per heavy atom. The highest BCUT2D eigenvalue weighted by molar-refractivity contribution is 5.43. The molecule has 118 valence electrons. The lowest BCUT2D eigenvalue weighted by molar-refractivity contribution is 0.0595. The third kappa shape index (κ3) is 4.43. The molecule has 1 aromatic carbocycles. The highest BCUT2D eigenvalue weighted by Gasteiger charge is 2.27. The molecule has 21 heavy (non-hydrogen) atoms. The van der Waals surface area contributed by atoms with Crippen LogP contribution < -0.4 is 10.1 Å². The summed E-state index contributed by atoms with van der Waals surface area (Å²) in [5.41, 5.74) is 3.52. The third-order valence-corrected chi connectivity index (χ3v) is 4.02. The Labute approximate surface area is 127 Å². The van der Waals surface area contributed by atoms with Crippen LogP contribution in [0.5, 0.6) is 5.75 Å². The zero-order chi connectivity index (χ0) is 15.2. The number of methoxy groups -OCH3 is 1. The maximum atomic E-state index is 9.91. The Kier molecular flexibility index (Phi) is 6.03. The van der Waals surface area contributed by atoms with Crippen LogP contribution in [0.1, 0.15) is 36.0 Å². The SMILES string of the molecule is COCCNCc1cc(C)c(OC2CCCC2O)c(C)c1. The van der Waals surface area contributed by atoms with Gasteiger partial charge >= 0.3 is 0 Å². The Balaban J connectivity index is 1.99. The van der Waals surface area contributed by atoms with E-state index in [4.69, 9.17) is 9.47 Å². The van der Waals surface area contributed by atoms with Crippen molar-refractivity contribution in [2.75, 3.05) is 20.3 Å². The van der Waals surface area contributed by atoms with Crippen molar-refractivity contribution in [3.63, 3.8) is 0 Å². The first-order valence-corrected chi connectivity index (χ1v) is 7.76. The molecule has 0 radical (unpaired) electrons. The zero-order valence-electron chi connectivity index (χ0n) is 13.3. The van der Waals surface area contributed by atoms with Gasteiger partial charge in [0, 0.05) is 20.2 Å². The minimum absolute atomic E-state index is 0.0481. The summed E-state index contributed by atoms with van der Waals surface area (Å²) in [5.74, 6) is 0.932. The average molecular weight is 293 g/mol. The number of ether oxygens (including phenoxy) is 2. The van der Waals surface area contributed by atoms with Crippen molar-refractivity contribution in [1.29, 1.82) is 0 Å². The van der Waals surface area contributed by atoms with E-state index in [-0.39, 0.29) is 12.2 Å². The third-order valence-electron chi connectivity index (χ3n) is 4.02. The largest absolute Gasteiger partial charge is 0.487 e. The molecule has 0 saturated heterocycles. The number of aliphatic hydroxyl groups is 1. The molecule has 1 saturated carbocycles. The van der Waals surface area contributed by atoms with E-state index in [0.29, 0.717) is 0 Å². The molecule has 4 heteroatoms. The van der Waals surface area contributed by atoms with Gasteiger partial charge in [-0.05, 0) is 49.8 Å². The molecule has 0 aromatic heterocycles. The van der Waals surface area contributed by atoms with E-state index in [0.717, 1.165) is 55.8 Å². The fourth-order valence-electron chi connectivity index (χ4n) is 2.93. The first-order chi connectivity index (χ1) is 10.1. The summed E-state index contributed by atoms with van der Waals surface area (Å²) < 4.78 is 11.1. The molecule has 1 aromatic rings. The van der Waals surface area contributed by atoms with E-state index in [1.807, 2.05) is 0 Å². The van der Waals surface area contributed by atoms with Gasteiger partial charge in [0.2, 0.25) is 0 Å². The number of benzene rings is 1. The van der Waals surface area contributed by atoms with Crippen molar-refractivity contribution in [3.8, 4) is 5.75 Å². The minimum atomic E-state index is -0.320. The monoisotopic (exact) mass is 293 g/mol. The fourth-order valence-corrected chi connectivity index (χ4v) is 2.93. The molecule has 0 aliphatic heterocycles. The molecule has 2 atom stereocenters. The summed E-state index contributed by atoms with van der Waals surface area (Å²) >= 11 is 0. The van der Waals surface area contributed by atoms with E-state index in [9.17, 15) is 5.11 Å². The van der Waals surface area contributed by atoms with Crippen molar-refractivity contribution < 1.29 is 14.6 Å². The lowest BCUT2D eigenvalue weighted by Gasteiger charge is -2.21. The van der Waals surface area contributed by atoms with E-state index >= 15 is 0 Å². The molecule has 0 bridgehead atoms. The van der Waals surface area contributed by atoms with Crippen LogP contribution in [0.3, 0.4) is 0 Å². The molecule has 1 aliphatic rings. The van der Waals surface area contributed by atoms with Gasteiger partial charge in [-0.3, -0.25) is 0 Å². The van der Waals surface area contributed by atoms with Crippen LogP contribution in [0, 0.1) is 13.8 Å². The highest BCUT2D eigenvalue weighted by atomic mass is 16.5. The molecular weight excluding hydrogens is 266 g/mol.